The molecule has 4 rings (SSSR count). The van der Waals surface area contributed by atoms with Gasteiger partial charge in [-0.2, -0.15) is 0 Å². The summed E-state index contributed by atoms with van der Waals surface area (Å²) in [6.45, 7) is 3.94. The van der Waals surface area contributed by atoms with Crippen molar-refractivity contribution in [2.24, 2.45) is 5.41 Å². The summed E-state index contributed by atoms with van der Waals surface area (Å²) in [5.74, 6) is -1.22. The summed E-state index contributed by atoms with van der Waals surface area (Å²) in [6, 6.07) is 11.7. The molecule has 6 nitrogen and oxygen atoms in total. The maximum atomic E-state index is 13.4. The Balaban J connectivity index is 1.89. The van der Waals surface area contributed by atoms with E-state index in [1.54, 1.807) is 12.1 Å². The molecule has 2 aromatic carbocycles. The van der Waals surface area contributed by atoms with Gasteiger partial charge >= 0.3 is 0 Å². The lowest BCUT2D eigenvalue weighted by Gasteiger charge is -2.42. The number of hydrogen-bond donors (Lipinski definition) is 0. The number of ketones is 1. The van der Waals surface area contributed by atoms with Crippen LogP contribution in [0.25, 0.3) is 0 Å². The molecule has 1 amide bonds. The fourth-order valence-electron chi connectivity index (χ4n) is 4.44. The molecule has 2 aromatic rings. The van der Waals surface area contributed by atoms with Crippen molar-refractivity contribution in [3.05, 3.63) is 81.3 Å². The number of non-ortho nitro benzene ring substituents is 1. The second kappa shape index (κ2) is 7.16. The van der Waals surface area contributed by atoms with Crippen LogP contribution in [-0.4, -0.2) is 16.6 Å². The maximum absolute atomic E-state index is 13.4. The Labute approximate surface area is 173 Å². The minimum absolute atomic E-state index is 0.0174. The highest BCUT2D eigenvalue weighted by molar-refractivity contribution is 6.07. The first kappa shape index (κ1) is 19.9. The van der Waals surface area contributed by atoms with Crippen molar-refractivity contribution in [3.63, 3.8) is 0 Å². The van der Waals surface area contributed by atoms with Crippen LogP contribution in [0.15, 0.2) is 59.8 Å². The molecule has 0 saturated carbocycles. The zero-order chi connectivity index (χ0) is 21.6. The van der Waals surface area contributed by atoms with Crippen LogP contribution in [0.1, 0.15) is 44.6 Å². The van der Waals surface area contributed by atoms with E-state index in [9.17, 15) is 24.1 Å². The maximum Gasteiger partial charge on any atom is 0.269 e. The fraction of sp³-hybridized carbons (Fsp3) is 0.304. The Morgan fingerprint density at radius 3 is 2.47 bits per heavy atom. The Hall–Kier alpha value is -3.35. The van der Waals surface area contributed by atoms with E-state index >= 15 is 0 Å². The van der Waals surface area contributed by atoms with E-state index in [2.05, 4.69) is 0 Å². The average molecular weight is 408 g/mol. The number of amides is 1. The zero-order valence-electron chi connectivity index (χ0n) is 16.7. The second-order valence-corrected chi connectivity index (χ2v) is 8.62. The molecule has 1 aliphatic heterocycles. The predicted molar refractivity (Wildman–Crippen MR) is 109 cm³/mol. The number of nitrogens with zero attached hydrogens (tertiary/aromatic N) is 2. The topological polar surface area (TPSA) is 80.5 Å². The van der Waals surface area contributed by atoms with Gasteiger partial charge in [-0.25, -0.2) is 4.39 Å². The highest BCUT2D eigenvalue weighted by Gasteiger charge is 2.44. The molecule has 0 N–H and O–H groups in total. The quantitative estimate of drug-likeness (QED) is 0.535. The number of rotatable bonds is 3. The minimum atomic E-state index is -0.535. The highest BCUT2D eigenvalue weighted by Crippen LogP contribution is 2.48. The molecule has 7 heteroatoms. The van der Waals surface area contributed by atoms with Crippen LogP contribution in [0, 0.1) is 21.3 Å². The standard InChI is InChI=1S/C23H21FN2O4/c1-23(2)12-19-22(20(27)13-23)18(14-4-3-5-17(10-14)26(29)30)11-21(28)25(19)16-8-6-15(24)7-9-16/h3-10,18H,11-13H2,1-2H3/t18-/m0/s1. The SMILES string of the molecule is CC1(C)CC(=O)C2=C(C1)N(c1ccc(F)cc1)C(=O)C[C@H]2c1cccc([N+](=O)[O-])c1. The van der Waals surface area contributed by atoms with E-state index in [-0.39, 0.29) is 29.2 Å². The first-order chi connectivity index (χ1) is 14.2. The molecular formula is C23H21FN2O4. The molecule has 0 saturated heterocycles. The van der Waals surface area contributed by atoms with Gasteiger partial charge in [-0.15, -0.1) is 0 Å². The molecule has 1 heterocycles. The van der Waals surface area contributed by atoms with Crippen molar-refractivity contribution < 1.29 is 18.9 Å². The van der Waals surface area contributed by atoms with E-state index in [0.717, 1.165) is 0 Å². The number of hydrogen-bond acceptors (Lipinski definition) is 4. The number of halogens is 1. The van der Waals surface area contributed by atoms with Crippen LogP contribution in [-0.2, 0) is 9.59 Å². The van der Waals surface area contributed by atoms with Gasteiger partial charge in [0.1, 0.15) is 5.82 Å². The summed E-state index contributed by atoms with van der Waals surface area (Å²) in [6.07, 6.45) is 0.856. The summed E-state index contributed by atoms with van der Waals surface area (Å²) in [5.41, 5.74) is 1.81. The van der Waals surface area contributed by atoms with Gasteiger partial charge in [-0.05, 0) is 41.7 Å². The lowest BCUT2D eigenvalue weighted by Crippen LogP contribution is -2.43. The summed E-state index contributed by atoms with van der Waals surface area (Å²) < 4.78 is 13.4. The van der Waals surface area contributed by atoms with Gasteiger partial charge in [0.25, 0.3) is 5.69 Å². The molecule has 0 bridgehead atoms. The Bertz CT molecular complexity index is 1090. The molecular weight excluding hydrogens is 387 g/mol. The van der Waals surface area contributed by atoms with Crippen molar-refractivity contribution in [2.75, 3.05) is 4.90 Å². The molecule has 154 valence electrons. The number of allylic oxidation sites excluding steroid dienone is 2. The van der Waals surface area contributed by atoms with Crippen molar-refractivity contribution in [1.29, 1.82) is 0 Å². The van der Waals surface area contributed by atoms with Gasteiger partial charge in [0.2, 0.25) is 5.91 Å². The summed E-state index contributed by atoms with van der Waals surface area (Å²) in [5, 5.41) is 11.2. The number of anilines is 1. The van der Waals surface area contributed by atoms with Gasteiger partial charge in [-0.3, -0.25) is 24.6 Å². The van der Waals surface area contributed by atoms with Gasteiger partial charge in [0.15, 0.2) is 5.78 Å². The molecule has 0 spiro atoms. The van der Waals surface area contributed by atoms with Gasteiger partial charge in [0, 0.05) is 47.8 Å². The first-order valence-electron chi connectivity index (χ1n) is 9.75. The van der Waals surface area contributed by atoms with E-state index in [4.69, 9.17) is 0 Å². The van der Waals surface area contributed by atoms with E-state index < -0.39 is 16.7 Å². The Morgan fingerprint density at radius 1 is 1.10 bits per heavy atom. The Morgan fingerprint density at radius 2 is 1.80 bits per heavy atom. The second-order valence-electron chi connectivity index (χ2n) is 8.62. The van der Waals surface area contributed by atoms with Crippen LogP contribution >= 0.6 is 0 Å². The summed E-state index contributed by atoms with van der Waals surface area (Å²) >= 11 is 0. The van der Waals surface area contributed by atoms with Gasteiger partial charge in [0.05, 0.1) is 4.92 Å². The fourth-order valence-corrected chi connectivity index (χ4v) is 4.44. The van der Waals surface area contributed by atoms with Crippen molar-refractivity contribution in [3.8, 4) is 0 Å². The summed E-state index contributed by atoms with van der Waals surface area (Å²) in [7, 11) is 0. The third-order valence-electron chi connectivity index (χ3n) is 5.71. The number of Topliss-reactive ketones (excluding diaryl/α,β-unsaturated/α-hetero) is 1. The van der Waals surface area contributed by atoms with Gasteiger partial charge < -0.3 is 0 Å². The molecule has 30 heavy (non-hydrogen) atoms. The van der Waals surface area contributed by atoms with Crippen LogP contribution in [0.3, 0.4) is 0 Å². The smallest absolute Gasteiger partial charge is 0.269 e. The van der Waals surface area contributed by atoms with Crippen molar-refractivity contribution in [2.45, 2.75) is 39.0 Å². The highest BCUT2D eigenvalue weighted by atomic mass is 19.1. The normalized spacial score (nSPS) is 20.9. The number of benzene rings is 2. The van der Waals surface area contributed by atoms with E-state index in [1.807, 2.05) is 13.8 Å². The number of nitro benzene ring substituents is 1. The third kappa shape index (κ3) is 3.51. The van der Waals surface area contributed by atoms with Crippen LogP contribution in [0.4, 0.5) is 15.8 Å². The van der Waals surface area contributed by atoms with Crippen LogP contribution < -0.4 is 4.90 Å². The van der Waals surface area contributed by atoms with E-state index in [1.165, 1.54) is 41.3 Å². The van der Waals surface area contributed by atoms with Gasteiger partial charge in [-0.1, -0.05) is 26.0 Å². The number of nitro groups is 1. The average Bonchev–Trinajstić information content (AvgIpc) is 2.67. The van der Waals surface area contributed by atoms with Crippen LogP contribution in [0.5, 0.6) is 0 Å². The number of carbonyl (C=O) groups excluding carboxylic acids is 2. The van der Waals surface area contributed by atoms with Crippen molar-refractivity contribution >= 4 is 23.1 Å². The predicted octanol–water partition coefficient (Wildman–Crippen LogP) is 4.90. The molecule has 0 fully saturated rings. The molecule has 2 aliphatic rings. The molecule has 1 aliphatic carbocycles. The minimum Gasteiger partial charge on any atom is -0.294 e. The Kier molecular flexibility index (Phi) is 4.76. The molecule has 0 unspecified atom stereocenters. The van der Waals surface area contributed by atoms with Crippen LogP contribution in [0.2, 0.25) is 0 Å². The first-order valence-corrected chi connectivity index (χ1v) is 9.75. The largest absolute Gasteiger partial charge is 0.294 e. The summed E-state index contributed by atoms with van der Waals surface area (Å²) in [4.78, 5) is 38.6. The zero-order valence-corrected chi connectivity index (χ0v) is 16.7. The molecule has 0 aromatic heterocycles. The lowest BCUT2D eigenvalue weighted by atomic mass is 9.69. The molecule has 1 atom stereocenters. The third-order valence-corrected chi connectivity index (χ3v) is 5.71. The monoisotopic (exact) mass is 408 g/mol. The van der Waals surface area contributed by atoms with E-state index in [0.29, 0.717) is 35.4 Å². The lowest BCUT2D eigenvalue weighted by molar-refractivity contribution is -0.384. The number of carbonyl (C=O) groups is 2. The molecule has 0 radical (unpaired) electrons. The van der Waals surface area contributed by atoms with Crippen molar-refractivity contribution in [1.82, 2.24) is 0 Å².